The Balaban J connectivity index is 1.73. The summed E-state index contributed by atoms with van der Waals surface area (Å²) in [6.45, 7) is 6.27. The topological polar surface area (TPSA) is 76.4 Å². The smallest absolute Gasteiger partial charge is 0.315 e. The average Bonchev–Trinajstić information content (AvgIpc) is 2.82. The summed E-state index contributed by atoms with van der Waals surface area (Å²) in [5.74, 6) is 1.38. The van der Waals surface area contributed by atoms with E-state index in [-0.39, 0.29) is 12.1 Å². The van der Waals surface area contributed by atoms with Crippen molar-refractivity contribution in [1.29, 1.82) is 0 Å². The lowest BCUT2D eigenvalue weighted by Gasteiger charge is -2.16. The number of ether oxygens (including phenoxy) is 1. The van der Waals surface area contributed by atoms with Crippen LogP contribution in [0, 0.1) is 13.8 Å². The number of nitrogens with one attached hydrogen (secondary N) is 2. The van der Waals surface area contributed by atoms with Gasteiger partial charge in [0.2, 0.25) is 0 Å². The molecule has 0 aliphatic rings. The highest BCUT2D eigenvalue weighted by molar-refractivity contribution is 6.30. The molecule has 2 rings (SSSR count). The minimum atomic E-state index is -0.272. The van der Waals surface area contributed by atoms with E-state index in [9.17, 15) is 4.79 Å². The summed E-state index contributed by atoms with van der Waals surface area (Å²) >= 11 is 5.90. The Morgan fingerprint density at radius 1 is 1.39 bits per heavy atom. The van der Waals surface area contributed by atoms with Crippen LogP contribution in [-0.2, 0) is 6.54 Å². The molecule has 1 heterocycles. The standard InChI is InChI=1S/C16H20ClN3O3/c1-10(22-14-6-4-5-13(17)7-14)8-18-16(21)19-9-15-11(2)20-23-12(15)3/h4-7,10H,8-9H2,1-3H3,(H2,18,19,21). The second-order valence-corrected chi connectivity index (χ2v) is 5.69. The number of nitrogens with zero attached hydrogens (tertiary/aromatic N) is 1. The summed E-state index contributed by atoms with van der Waals surface area (Å²) in [6, 6.07) is 6.87. The highest BCUT2D eigenvalue weighted by Gasteiger charge is 2.11. The second-order valence-electron chi connectivity index (χ2n) is 5.25. The van der Waals surface area contributed by atoms with Crippen LogP contribution in [0.3, 0.4) is 0 Å². The highest BCUT2D eigenvalue weighted by Crippen LogP contribution is 2.18. The number of hydrogen-bond donors (Lipinski definition) is 2. The van der Waals surface area contributed by atoms with Gasteiger partial charge in [0.05, 0.1) is 12.2 Å². The van der Waals surface area contributed by atoms with Crippen LogP contribution in [0.5, 0.6) is 5.75 Å². The van der Waals surface area contributed by atoms with E-state index in [4.69, 9.17) is 20.9 Å². The monoisotopic (exact) mass is 337 g/mol. The molecule has 2 amide bonds. The van der Waals surface area contributed by atoms with Crippen molar-refractivity contribution in [2.45, 2.75) is 33.4 Å². The molecule has 124 valence electrons. The fraction of sp³-hybridized carbons (Fsp3) is 0.375. The molecule has 0 fully saturated rings. The number of carbonyl (C=O) groups excluding carboxylic acids is 1. The zero-order valence-corrected chi connectivity index (χ0v) is 14.1. The predicted octanol–water partition coefficient (Wildman–Crippen LogP) is 3.21. The third kappa shape index (κ3) is 5.17. The number of amides is 2. The largest absolute Gasteiger partial charge is 0.489 e. The molecule has 0 radical (unpaired) electrons. The van der Waals surface area contributed by atoms with Crippen LogP contribution < -0.4 is 15.4 Å². The third-order valence-electron chi connectivity index (χ3n) is 3.29. The summed E-state index contributed by atoms with van der Waals surface area (Å²) in [7, 11) is 0. The molecule has 1 aromatic heterocycles. The van der Waals surface area contributed by atoms with Crippen molar-refractivity contribution in [2.75, 3.05) is 6.54 Å². The van der Waals surface area contributed by atoms with Crippen LogP contribution in [-0.4, -0.2) is 23.8 Å². The van der Waals surface area contributed by atoms with Crippen molar-refractivity contribution < 1.29 is 14.1 Å². The fourth-order valence-electron chi connectivity index (χ4n) is 2.04. The van der Waals surface area contributed by atoms with Gasteiger partial charge in [0.1, 0.15) is 17.6 Å². The van der Waals surface area contributed by atoms with E-state index in [2.05, 4.69) is 15.8 Å². The first-order valence-corrected chi connectivity index (χ1v) is 7.69. The Morgan fingerprint density at radius 3 is 2.83 bits per heavy atom. The molecule has 0 bridgehead atoms. The molecule has 2 aromatic rings. The second kappa shape index (κ2) is 7.87. The van der Waals surface area contributed by atoms with Gasteiger partial charge in [-0.2, -0.15) is 0 Å². The van der Waals surface area contributed by atoms with Crippen LogP contribution in [0.1, 0.15) is 23.9 Å². The van der Waals surface area contributed by atoms with Gasteiger partial charge in [-0.15, -0.1) is 0 Å². The molecule has 1 unspecified atom stereocenters. The molecule has 23 heavy (non-hydrogen) atoms. The number of carbonyl (C=O) groups is 1. The normalized spacial score (nSPS) is 11.8. The molecule has 0 saturated carbocycles. The van der Waals surface area contributed by atoms with Crippen molar-refractivity contribution >= 4 is 17.6 Å². The van der Waals surface area contributed by atoms with Crippen LogP contribution in [0.4, 0.5) is 4.79 Å². The number of rotatable bonds is 6. The Labute approximate surface area is 140 Å². The van der Waals surface area contributed by atoms with E-state index in [1.165, 1.54) is 0 Å². The van der Waals surface area contributed by atoms with Crippen molar-refractivity contribution in [3.63, 3.8) is 0 Å². The highest BCUT2D eigenvalue weighted by atomic mass is 35.5. The molecule has 1 aromatic carbocycles. The molecular formula is C16H20ClN3O3. The van der Waals surface area contributed by atoms with E-state index in [1.54, 1.807) is 12.1 Å². The Morgan fingerprint density at radius 2 is 2.17 bits per heavy atom. The van der Waals surface area contributed by atoms with Crippen molar-refractivity contribution in [3.8, 4) is 5.75 Å². The SMILES string of the molecule is Cc1noc(C)c1CNC(=O)NCC(C)Oc1cccc(Cl)c1. The van der Waals surface area contributed by atoms with Crippen molar-refractivity contribution in [2.24, 2.45) is 0 Å². The number of halogens is 1. The van der Waals surface area contributed by atoms with Crippen molar-refractivity contribution in [1.82, 2.24) is 15.8 Å². The first-order chi connectivity index (χ1) is 11.0. The van der Waals surface area contributed by atoms with Crippen LogP contribution in [0.2, 0.25) is 5.02 Å². The zero-order chi connectivity index (χ0) is 16.8. The molecule has 6 nitrogen and oxygen atoms in total. The lowest BCUT2D eigenvalue weighted by molar-refractivity contribution is 0.207. The summed E-state index contributed by atoms with van der Waals surface area (Å²) in [4.78, 5) is 11.8. The third-order valence-corrected chi connectivity index (χ3v) is 3.53. The van der Waals surface area contributed by atoms with Gasteiger partial charge in [-0.25, -0.2) is 4.79 Å². The maximum Gasteiger partial charge on any atom is 0.315 e. The molecule has 0 aliphatic carbocycles. The van der Waals surface area contributed by atoms with Gasteiger partial charge in [0, 0.05) is 17.1 Å². The first kappa shape index (κ1) is 17.1. The van der Waals surface area contributed by atoms with Crippen LogP contribution in [0.25, 0.3) is 0 Å². The number of urea groups is 1. The van der Waals surface area contributed by atoms with Crippen LogP contribution in [0.15, 0.2) is 28.8 Å². The number of hydrogen-bond acceptors (Lipinski definition) is 4. The van der Waals surface area contributed by atoms with Gasteiger partial charge in [0.25, 0.3) is 0 Å². The van der Waals surface area contributed by atoms with Crippen molar-refractivity contribution in [3.05, 3.63) is 46.3 Å². The predicted molar refractivity (Wildman–Crippen MR) is 87.8 cm³/mol. The minimum absolute atomic E-state index is 0.182. The first-order valence-electron chi connectivity index (χ1n) is 7.31. The summed E-state index contributed by atoms with van der Waals surface area (Å²) in [6.07, 6.45) is -0.182. The summed E-state index contributed by atoms with van der Waals surface area (Å²) < 4.78 is 10.7. The van der Waals surface area contributed by atoms with E-state index < -0.39 is 0 Å². The number of aromatic nitrogens is 1. The summed E-state index contributed by atoms with van der Waals surface area (Å²) in [5, 5.41) is 9.98. The van der Waals surface area contributed by atoms with E-state index in [0.717, 1.165) is 11.3 Å². The van der Waals surface area contributed by atoms with Gasteiger partial charge >= 0.3 is 6.03 Å². The quantitative estimate of drug-likeness (QED) is 0.848. The van der Waals surface area contributed by atoms with Gasteiger partial charge in [-0.05, 0) is 39.0 Å². The van der Waals surface area contributed by atoms with Gasteiger partial charge in [0.15, 0.2) is 0 Å². The van der Waals surface area contributed by atoms with Gasteiger partial charge in [-0.3, -0.25) is 0 Å². The lowest BCUT2D eigenvalue weighted by Crippen LogP contribution is -2.40. The maximum atomic E-state index is 11.8. The van der Waals surface area contributed by atoms with E-state index >= 15 is 0 Å². The molecule has 7 heteroatoms. The number of aryl methyl sites for hydroxylation is 2. The van der Waals surface area contributed by atoms with E-state index in [1.807, 2.05) is 32.9 Å². The fourth-order valence-corrected chi connectivity index (χ4v) is 2.22. The molecule has 1 atom stereocenters. The Kier molecular flexibility index (Phi) is 5.87. The summed E-state index contributed by atoms with van der Waals surface area (Å²) in [5.41, 5.74) is 1.67. The number of benzene rings is 1. The molecular weight excluding hydrogens is 318 g/mol. The Bertz CT molecular complexity index is 653. The van der Waals surface area contributed by atoms with E-state index in [0.29, 0.717) is 29.6 Å². The maximum absolute atomic E-state index is 11.8. The van der Waals surface area contributed by atoms with Gasteiger partial charge < -0.3 is 19.9 Å². The molecule has 0 saturated heterocycles. The molecule has 0 aliphatic heterocycles. The molecule has 2 N–H and O–H groups in total. The van der Waals surface area contributed by atoms with Gasteiger partial charge in [-0.1, -0.05) is 22.8 Å². The lowest BCUT2D eigenvalue weighted by atomic mass is 10.2. The molecule has 0 spiro atoms. The minimum Gasteiger partial charge on any atom is -0.489 e. The van der Waals surface area contributed by atoms with Crippen LogP contribution >= 0.6 is 11.6 Å². The Hall–Kier alpha value is -2.21. The zero-order valence-electron chi connectivity index (χ0n) is 13.4. The average molecular weight is 338 g/mol.